The van der Waals surface area contributed by atoms with Crippen LogP contribution in [0.15, 0.2) is 30.9 Å². The number of thiophene rings is 1. The van der Waals surface area contributed by atoms with Crippen LogP contribution in [-0.4, -0.2) is 34.6 Å². The van der Waals surface area contributed by atoms with Crippen molar-refractivity contribution >= 4 is 27.4 Å². The molecule has 1 unspecified atom stereocenters. The van der Waals surface area contributed by atoms with E-state index in [-0.39, 0.29) is 0 Å². The maximum absolute atomic E-state index is 5.89. The summed E-state index contributed by atoms with van der Waals surface area (Å²) < 4.78 is 5.89. The second kappa shape index (κ2) is 6.36. The van der Waals surface area contributed by atoms with Crippen molar-refractivity contribution in [2.24, 2.45) is 5.92 Å². The van der Waals surface area contributed by atoms with E-state index < -0.39 is 0 Å². The van der Waals surface area contributed by atoms with Gasteiger partial charge in [0.2, 0.25) is 0 Å². The van der Waals surface area contributed by atoms with Crippen LogP contribution in [0.25, 0.3) is 10.2 Å². The first-order valence-electron chi connectivity index (χ1n) is 8.21. The minimum atomic E-state index is 0.517. The smallest absolute Gasteiger partial charge is 0.141 e. The van der Waals surface area contributed by atoms with Crippen molar-refractivity contribution in [1.29, 1.82) is 0 Å². The lowest BCUT2D eigenvalue weighted by atomic mass is 10.1. The molecule has 0 spiro atoms. The molecule has 0 bridgehead atoms. The highest BCUT2D eigenvalue weighted by Gasteiger charge is 2.26. The predicted octanol–water partition coefficient (Wildman–Crippen LogP) is 3.61. The van der Waals surface area contributed by atoms with Crippen molar-refractivity contribution < 1.29 is 4.74 Å². The van der Waals surface area contributed by atoms with Crippen LogP contribution in [0.5, 0.6) is 5.75 Å². The van der Waals surface area contributed by atoms with Gasteiger partial charge in [-0.1, -0.05) is 0 Å². The third-order valence-corrected chi connectivity index (χ3v) is 5.78. The molecule has 1 atom stereocenters. The van der Waals surface area contributed by atoms with E-state index in [9.17, 15) is 0 Å². The summed E-state index contributed by atoms with van der Waals surface area (Å²) in [4.78, 5) is 17.8. The van der Waals surface area contributed by atoms with E-state index in [2.05, 4.69) is 33.7 Å². The fourth-order valence-corrected chi connectivity index (χ4v) is 4.20. The van der Waals surface area contributed by atoms with E-state index in [1.54, 1.807) is 30.1 Å². The molecule has 1 aliphatic heterocycles. The molecule has 0 saturated carbocycles. The SMILES string of the molecule is Cc1sc2ncnc(N3CCC(COc4ccncc4)C3)c2c1C. The maximum Gasteiger partial charge on any atom is 0.141 e. The lowest BCUT2D eigenvalue weighted by Gasteiger charge is -2.19. The topological polar surface area (TPSA) is 51.1 Å². The van der Waals surface area contributed by atoms with Gasteiger partial charge in [-0.05, 0) is 38.0 Å². The van der Waals surface area contributed by atoms with Crippen molar-refractivity contribution in [2.45, 2.75) is 20.3 Å². The van der Waals surface area contributed by atoms with Gasteiger partial charge in [0.1, 0.15) is 22.7 Å². The number of anilines is 1. The second-order valence-electron chi connectivity index (χ2n) is 6.26. The molecular formula is C18H20N4OS. The molecule has 0 aromatic carbocycles. The number of nitrogens with zero attached hydrogens (tertiary/aromatic N) is 4. The molecule has 3 aromatic heterocycles. The molecule has 5 nitrogen and oxygen atoms in total. The summed E-state index contributed by atoms with van der Waals surface area (Å²) in [7, 11) is 0. The lowest BCUT2D eigenvalue weighted by molar-refractivity contribution is 0.261. The Hall–Kier alpha value is -2.21. The molecule has 1 fully saturated rings. The first kappa shape index (κ1) is 15.3. The average Bonchev–Trinajstić information content (AvgIpc) is 3.19. The zero-order valence-corrected chi connectivity index (χ0v) is 14.7. The monoisotopic (exact) mass is 340 g/mol. The van der Waals surface area contributed by atoms with Gasteiger partial charge in [-0.3, -0.25) is 4.98 Å². The molecule has 4 heterocycles. The Morgan fingerprint density at radius 2 is 2.08 bits per heavy atom. The lowest BCUT2D eigenvalue weighted by Crippen LogP contribution is -2.23. The van der Waals surface area contributed by atoms with Crippen LogP contribution in [0.2, 0.25) is 0 Å². The summed E-state index contributed by atoms with van der Waals surface area (Å²) in [6.07, 6.45) is 6.33. The van der Waals surface area contributed by atoms with Crippen LogP contribution in [-0.2, 0) is 0 Å². The number of hydrogen-bond donors (Lipinski definition) is 0. The third-order valence-electron chi connectivity index (χ3n) is 4.67. The zero-order chi connectivity index (χ0) is 16.5. The van der Waals surface area contributed by atoms with Gasteiger partial charge in [-0.15, -0.1) is 11.3 Å². The van der Waals surface area contributed by atoms with Gasteiger partial charge in [0, 0.05) is 36.3 Å². The van der Waals surface area contributed by atoms with Crippen molar-refractivity contribution in [3.8, 4) is 5.75 Å². The van der Waals surface area contributed by atoms with Crippen molar-refractivity contribution in [3.05, 3.63) is 41.3 Å². The Bertz CT molecular complexity index is 849. The summed E-state index contributed by atoms with van der Waals surface area (Å²) in [5.74, 6) is 2.48. The van der Waals surface area contributed by atoms with Crippen molar-refractivity contribution in [3.63, 3.8) is 0 Å². The normalized spacial score (nSPS) is 17.6. The van der Waals surface area contributed by atoms with Crippen LogP contribution >= 0.6 is 11.3 Å². The highest BCUT2D eigenvalue weighted by molar-refractivity contribution is 7.18. The number of fused-ring (bicyclic) bond motifs is 1. The van der Waals surface area contributed by atoms with Crippen molar-refractivity contribution in [1.82, 2.24) is 15.0 Å². The van der Waals surface area contributed by atoms with Crippen LogP contribution in [0.3, 0.4) is 0 Å². The second-order valence-corrected chi connectivity index (χ2v) is 7.46. The molecule has 0 radical (unpaired) electrons. The molecule has 0 aliphatic carbocycles. The fourth-order valence-electron chi connectivity index (χ4n) is 3.21. The summed E-state index contributed by atoms with van der Waals surface area (Å²) >= 11 is 1.75. The Morgan fingerprint density at radius 1 is 1.25 bits per heavy atom. The number of aromatic nitrogens is 3. The maximum atomic E-state index is 5.89. The summed E-state index contributed by atoms with van der Waals surface area (Å²) in [5, 5.41) is 1.22. The number of aryl methyl sites for hydroxylation is 2. The molecule has 0 amide bonds. The van der Waals surface area contributed by atoms with E-state index in [1.807, 2.05) is 12.1 Å². The van der Waals surface area contributed by atoms with Gasteiger partial charge in [-0.25, -0.2) is 9.97 Å². The largest absolute Gasteiger partial charge is 0.493 e. The predicted molar refractivity (Wildman–Crippen MR) is 96.9 cm³/mol. The summed E-state index contributed by atoms with van der Waals surface area (Å²) in [6.45, 7) is 7.05. The number of pyridine rings is 1. The molecule has 6 heteroatoms. The highest BCUT2D eigenvalue weighted by atomic mass is 32.1. The molecule has 4 rings (SSSR count). The van der Waals surface area contributed by atoms with E-state index in [0.29, 0.717) is 5.92 Å². The van der Waals surface area contributed by atoms with E-state index >= 15 is 0 Å². The first-order valence-corrected chi connectivity index (χ1v) is 9.02. The Labute approximate surface area is 145 Å². The van der Waals surface area contributed by atoms with Gasteiger partial charge < -0.3 is 9.64 Å². The standard InChI is InChI=1S/C18H20N4OS/c1-12-13(2)24-18-16(12)17(20-11-21-18)22-8-5-14(9-22)10-23-15-3-6-19-7-4-15/h3-4,6-7,11,14H,5,8-10H2,1-2H3. The van der Waals surface area contributed by atoms with Crippen molar-refractivity contribution in [2.75, 3.05) is 24.6 Å². The van der Waals surface area contributed by atoms with E-state index in [1.165, 1.54) is 15.8 Å². The third kappa shape index (κ3) is 2.82. The molecular weight excluding hydrogens is 320 g/mol. The number of rotatable bonds is 4. The Balaban J connectivity index is 1.49. The number of hydrogen-bond acceptors (Lipinski definition) is 6. The van der Waals surface area contributed by atoms with Crippen LogP contribution in [0, 0.1) is 19.8 Å². The minimum Gasteiger partial charge on any atom is -0.493 e. The quantitative estimate of drug-likeness (QED) is 0.726. The van der Waals surface area contributed by atoms with Crippen LogP contribution in [0.4, 0.5) is 5.82 Å². The molecule has 24 heavy (non-hydrogen) atoms. The fraction of sp³-hybridized carbons (Fsp3) is 0.389. The Kier molecular flexibility index (Phi) is 4.06. The minimum absolute atomic E-state index is 0.517. The Morgan fingerprint density at radius 3 is 2.92 bits per heavy atom. The molecule has 0 N–H and O–H groups in total. The zero-order valence-electron chi connectivity index (χ0n) is 13.9. The van der Waals surface area contributed by atoms with Gasteiger partial charge in [0.05, 0.1) is 12.0 Å². The summed E-state index contributed by atoms with van der Waals surface area (Å²) in [6, 6.07) is 3.80. The summed E-state index contributed by atoms with van der Waals surface area (Å²) in [5.41, 5.74) is 1.31. The number of ether oxygens (including phenoxy) is 1. The highest BCUT2D eigenvalue weighted by Crippen LogP contribution is 2.36. The van der Waals surface area contributed by atoms with Crippen LogP contribution < -0.4 is 9.64 Å². The van der Waals surface area contributed by atoms with Gasteiger partial charge in [0.25, 0.3) is 0 Å². The average molecular weight is 340 g/mol. The van der Waals surface area contributed by atoms with Crippen LogP contribution in [0.1, 0.15) is 16.9 Å². The molecule has 1 saturated heterocycles. The van der Waals surface area contributed by atoms with E-state index in [0.717, 1.165) is 42.5 Å². The molecule has 3 aromatic rings. The van der Waals surface area contributed by atoms with Gasteiger partial charge in [0.15, 0.2) is 0 Å². The molecule has 124 valence electrons. The molecule has 1 aliphatic rings. The van der Waals surface area contributed by atoms with Gasteiger partial charge in [-0.2, -0.15) is 0 Å². The van der Waals surface area contributed by atoms with E-state index in [4.69, 9.17) is 4.74 Å². The first-order chi connectivity index (χ1) is 11.7. The van der Waals surface area contributed by atoms with Gasteiger partial charge >= 0.3 is 0 Å².